The van der Waals surface area contributed by atoms with E-state index in [-0.39, 0.29) is 0 Å². The van der Waals surface area contributed by atoms with E-state index in [0.29, 0.717) is 45.5 Å². The van der Waals surface area contributed by atoms with Crippen LogP contribution in [0, 0.1) is 0 Å². The lowest BCUT2D eigenvalue weighted by molar-refractivity contribution is -0.121. The van der Waals surface area contributed by atoms with Crippen LogP contribution in [0.4, 0.5) is 11.4 Å². The molecule has 0 saturated heterocycles. The van der Waals surface area contributed by atoms with Crippen molar-refractivity contribution in [3.8, 4) is 23.0 Å². The van der Waals surface area contributed by atoms with Gasteiger partial charge in [-0.05, 0) is 83.9 Å². The monoisotopic (exact) mass is 774 g/mol. The van der Waals surface area contributed by atoms with Gasteiger partial charge in [-0.2, -0.15) is 0 Å². The maximum Gasteiger partial charge on any atom is 0.258 e. The van der Waals surface area contributed by atoms with Gasteiger partial charge in [0, 0.05) is 24.3 Å². The summed E-state index contributed by atoms with van der Waals surface area (Å²) in [6.07, 6.45) is 4.81. The Bertz CT molecular complexity index is 1820. The molecule has 0 fully saturated rings. The van der Waals surface area contributed by atoms with E-state index in [9.17, 15) is 19.2 Å². The summed E-state index contributed by atoms with van der Waals surface area (Å²) in [6.45, 7) is 0. The molecule has 0 aromatic heterocycles. The SMILES string of the molecule is O=C1C=CC(=O)N1c1ccc(Oc2ccc(C(c3ccc(Oc4ccc(N5C(=O)C=CC5=O)cc4)cc3)(C(Cl)(Cl)Cl)C(Cl)(Cl)Cl)cc2)cc1. The van der Waals surface area contributed by atoms with Crippen LogP contribution in [0.5, 0.6) is 23.0 Å². The molecular formula is C35H20Cl6N2O6. The molecule has 14 heteroatoms. The maximum atomic E-state index is 12.0. The third-order valence-corrected chi connectivity index (χ3v) is 9.41. The van der Waals surface area contributed by atoms with Crippen molar-refractivity contribution in [1.29, 1.82) is 0 Å². The Hall–Kier alpha value is -4.02. The van der Waals surface area contributed by atoms with Crippen LogP contribution in [0.25, 0.3) is 0 Å². The summed E-state index contributed by atoms with van der Waals surface area (Å²) in [4.78, 5) is 50.0. The van der Waals surface area contributed by atoms with Gasteiger partial charge in [-0.25, -0.2) is 9.80 Å². The van der Waals surface area contributed by atoms with Crippen molar-refractivity contribution >= 4 is 105 Å². The molecule has 4 amide bonds. The smallest absolute Gasteiger partial charge is 0.258 e. The van der Waals surface area contributed by atoms with Gasteiger partial charge in [-0.15, -0.1) is 0 Å². The Labute approximate surface area is 309 Å². The number of imide groups is 2. The Morgan fingerprint density at radius 1 is 0.388 bits per heavy atom. The van der Waals surface area contributed by atoms with Crippen molar-refractivity contribution in [2.45, 2.75) is 13.0 Å². The molecular weight excluding hydrogens is 757 g/mol. The number of anilines is 2. The van der Waals surface area contributed by atoms with Gasteiger partial charge in [0.15, 0.2) is 0 Å². The highest BCUT2D eigenvalue weighted by atomic mass is 35.6. The third-order valence-electron chi connectivity index (χ3n) is 7.70. The lowest BCUT2D eigenvalue weighted by Crippen LogP contribution is -2.51. The second kappa shape index (κ2) is 13.4. The zero-order valence-corrected chi connectivity index (χ0v) is 29.2. The number of benzene rings is 4. The van der Waals surface area contributed by atoms with Crippen LogP contribution in [0.2, 0.25) is 0 Å². The number of nitrogens with zero attached hydrogens (tertiary/aromatic N) is 2. The third kappa shape index (κ3) is 6.65. The standard InChI is InChI=1S/C35H20Cl6N2O6/c36-34(37,38)33(35(39,40)41,21-1-9-25(10-2-21)48-27-13-5-23(6-14-27)42-29(44)17-18-30(42)45)22-3-11-26(12-4-22)49-28-15-7-24(8-16-28)43-31(46)19-20-32(43)47/h1-20H. The molecule has 4 aromatic rings. The van der Waals surface area contributed by atoms with E-state index >= 15 is 0 Å². The number of ether oxygens (including phenoxy) is 2. The van der Waals surface area contributed by atoms with Crippen molar-refractivity contribution in [2.24, 2.45) is 0 Å². The molecule has 248 valence electrons. The number of amides is 4. The molecule has 0 unspecified atom stereocenters. The minimum absolute atomic E-state index is 0.346. The minimum atomic E-state index is -2.19. The topological polar surface area (TPSA) is 93.2 Å². The van der Waals surface area contributed by atoms with Crippen LogP contribution >= 0.6 is 69.6 Å². The summed E-state index contributed by atoms with van der Waals surface area (Å²) in [7, 11) is 0. The molecule has 0 atom stereocenters. The van der Waals surface area contributed by atoms with E-state index in [0.717, 1.165) is 9.80 Å². The highest BCUT2D eigenvalue weighted by Crippen LogP contribution is 2.62. The number of halogens is 6. The van der Waals surface area contributed by atoms with Crippen molar-refractivity contribution in [3.63, 3.8) is 0 Å². The quantitative estimate of drug-likeness (QED) is 0.131. The molecule has 4 aromatic carbocycles. The van der Waals surface area contributed by atoms with Gasteiger partial charge in [0.1, 0.15) is 28.4 Å². The molecule has 2 heterocycles. The van der Waals surface area contributed by atoms with Crippen molar-refractivity contribution < 1.29 is 28.7 Å². The normalized spacial score (nSPS) is 15.1. The lowest BCUT2D eigenvalue weighted by atomic mass is 9.76. The van der Waals surface area contributed by atoms with Crippen molar-refractivity contribution in [3.05, 3.63) is 132 Å². The van der Waals surface area contributed by atoms with Gasteiger partial charge in [-0.1, -0.05) is 93.9 Å². The first-order valence-corrected chi connectivity index (χ1v) is 16.5. The second-order valence-corrected chi connectivity index (χ2v) is 15.2. The first-order chi connectivity index (χ1) is 23.2. The molecule has 2 aliphatic heterocycles. The largest absolute Gasteiger partial charge is 0.457 e. The Morgan fingerprint density at radius 3 is 0.878 bits per heavy atom. The molecule has 0 N–H and O–H groups in total. The van der Waals surface area contributed by atoms with E-state index in [4.69, 9.17) is 79.1 Å². The van der Waals surface area contributed by atoms with Crippen LogP contribution in [0.1, 0.15) is 11.1 Å². The van der Waals surface area contributed by atoms with Crippen LogP contribution in [0.3, 0.4) is 0 Å². The molecule has 49 heavy (non-hydrogen) atoms. The van der Waals surface area contributed by atoms with Crippen LogP contribution in [-0.2, 0) is 24.6 Å². The number of hydrogen-bond donors (Lipinski definition) is 0. The molecule has 2 aliphatic rings. The molecule has 0 bridgehead atoms. The predicted molar refractivity (Wildman–Crippen MR) is 191 cm³/mol. The van der Waals surface area contributed by atoms with Gasteiger partial charge in [-0.3, -0.25) is 19.2 Å². The number of carbonyl (C=O) groups excluding carboxylic acids is 4. The van der Waals surface area contributed by atoms with Gasteiger partial charge in [0.2, 0.25) is 7.59 Å². The molecule has 0 aliphatic carbocycles. The van der Waals surface area contributed by atoms with Crippen LogP contribution in [-0.4, -0.2) is 31.2 Å². The number of alkyl halides is 6. The second-order valence-electron chi connectivity index (χ2n) is 10.7. The summed E-state index contributed by atoms with van der Waals surface area (Å²) in [5, 5.41) is 0. The number of rotatable bonds is 8. The molecule has 6 rings (SSSR count). The van der Waals surface area contributed by atoms with E-state index in [1.54, 1.807) is 97.1 Å². The van der Waals surface area contributed by atoms with E-state index in [2.05, 4.69) is 0 Å². The van der Waals surface area contributed by atoms with E-state index < -0.39 is 36.6 Å². The maximum absolute atomic E-state index is 12.0. The fourth-order valence-corrected chi connectivity index (χ4v) is 8.03. The zero-order chi connectivity index (χ0) is 35.1. The van der Waals surface area contributed by atoms with Crippen molar-refractivity contribution in [1.82, 2.24) is 0 Å². The predicted octanol–water partition coefficient (Wildman–Crippen LogP) is 9.16. The molecule has 8 nitrogen and oxygen atoms in total. The van der Waals surface area contributed by atoms with Crippen LogP contribution < -0.4 is 19.3 Å². The Balaban J connectivity index is 1.23. The van der Waals surface area contributed by atoms with Gasteiger partial charge >= 0.3 is 0 Å². The summed E-state index contributed by atoms with van der Waals surface area (Å²) >= 11 is 39.8. The number of hydrogen-bond acceptors (Lipinski definition) is 6. The van der Waals surface area contributed by atoms with E-state index in [1.165, 1.54) is 24.3 Å². The van der Waals surface area contributed by atoms with Gasteiger partial charge in [0.25, 0.3) is 23.6 Å². The van der Waals surface area contributed by atoms with Crippen molar-refractivity contribution in [2.75, 3.05) is 9.80 Å². The average Bonchev–Trinajstić information content (AvgIpc) is 3.57. The highest BCUT2D eigenvalue weighted by Gasteiger charge is 2.63. The average molecular weight is 777 g/mol. The number of carbonyl (C=O) groups is 4. The Morgan fingerprint density at radius 2 is 0.633 bits per heavy atom. The lowest BCUT2D eigenvalue weighted by Gasteiger charge is -2.45. The van der Waals surface area contributed by atoms with E-state index in [1.807, 2.05) is 0 Å². The highest BCUT2D eigenvalue weighted by molar-refractivity contribution is 6.74. The Kier molecular flexibility index (Phi) is 9.50. The molecule has 0 spiro atoms. The first-order valence-electron chi connectivity index (χ1n) is 14.2. The summed E-state index contributed by atoms with van der Waals surface area (Å²) in [5.41, 5.74) is -0.339. The van der Waals surface area contributed by atoms with Crippen LogP contribution in [0.15, 0.2) is 121 Å². The van der Waals surface area contributed by atoms with Gasteiger partial charge < -0.3 is 9.47 Å². The summed E-state index contributed by atoms with van der Waals surface area (Å²) in [5.74, 6) is -0.0519. The zero-order valence-electron chi connectivity index (χ0n) is 24.7. The van der Waals surface area contributed by atoms with Gasteiger partial charge in [0.05, 0.1) is 11.4 Å². The first kappa shape index (κ1) is 34.8. The fourth-order valence-electron chi connectivity index (χ4n) is 5.44. The summed E-state index contributed by atoms with van der Waals surface area (Å²) in [6, 6.07) is 25.7. The minimum Gasteiger partial charge on any atom is -0.457 e. The fraction of sp³-hybridized carbons (Fsp3) is 0.0857. The summed E-state index contributed by atoms with van der Waals surface area (Å²) < 4.78 is 7.54. The molecule has 0 saturated carbocycles. The molecule has 0 radical (unpaired) electrons.